The number of hydrogen-bond acceptors (Lipinski definition) is 0. The van der Waals surface area contributed by atoms with Crippen molar-refractivity contribution < 1.29 is 26.3 Å². The third-order valence-corrected chi connectivity index (χ3v) is 2.95. The second-order valence-electron chi connectivity index (χ2n) is 3.11. The number of halogens is 7. The normalized spacial score (nSPS) is 13.0. The first-order chi connectivity index (χ1) is 7.05. The molecule has 90 valence electrons. The van der Waals surface area contributed by atoms with Gasteiger partial charge in [0.25, 0.3) is 0 Å². The van der Waals surface area contributed by atoms with E-state index in [2.05, 4.69) is 15.9 Å². The largest absolute Gasteiger partial charge is 0.418 e. The molecule has 0 heterocycles. The molecule has 0 atom stereocenters. The van der Waals surface area contributed by atoms with Crippen LogP contribution in [0.3, 0.4) is 0 Å². The van der Waals surface area contributed by atoms with Crippen LogP contribution < -0.4 is 0 Å². The van der Waals surface area contributed by atoms with Crippen LogP contribution in [0.5, 0.6) is 0 Å². The SMILES string of the molecule is Cc1ccc(C(F)(F)F)c(C(F)(F)F)c1Br. The van der Waals surface area contributed by atoms with E-state index in [0.29, 0.717) is 6.07 Å². The Kier molecular flexibility index (Phi) is 3.29. The van der Waals surface area contributed by atoms with Crippen LogP contribution in [0.15, 0.2) is 16.6 Å². The van der Waals surface area contributed by atoms with E-state index < -0.39 is 28.0 Å². The van der Waals surface area contributed by atoms with Crippen LogP contribution in [-0.4, -0.2) is 0 Å². The zero-order valence-electron chi connectivity index (χ0n) is 7.80. The summed E-state index contributed by atoms with van der Waals surface area (Å²) in [4.78, 5) is 0. The van der Waals surface area contributed by atoms with Crippen molar-refractivity contribution in [3.63, 3.8) is 0 Å². The van der Waals surface area contributed by atoms with Crippen molar-refractivity contribution in [1.29, 1.82) is 0 Å². The molecule has 1 rings (SSSR count). The summed E-state index contributed by atoms with van der Waals surface area (Å²) < 4.78 is 74.0. The Morgan fingerprint density at radius 2 is 1.44 bits per heavy atom. The van der Waals surface area contributed by atoms with Crippen LogP contribution >= 0.6 is 15.9 Å². The maximum absolute atomic E-state index is 12.5. The van der Waals surface area contributed by atoms with Crippen LogP contribution in [-0.2, 0) is 12.4 Å². The minimum absolute atomic E-state index is 0.0975. The maximum Gasteiger partial charge on any atom is 0.418 e. The van der Waals surface area contributed by atoms with Crippen molar-refractivity contribution in [3.05, 3.63) is 33.3 Å². The van der Waals surface area contributed by atoms with Gasteiger partial charge in [-0.3, -0.25) is 0 Å². The first kappa shape index (κ1) is 13.3. The molecule has 0 radical (unpaired) electrons. The number of alkyl halides is 6. The van der Waals surface area contributed by atoms with E-state index in [9.17, 15) is 26.3 Å². The van der Waals surface area contributed by atoms with E-state index in [1.165, 1.54) is 6.92 Å². The molecule has 0 aliphatic rings. The third-order valence-electron chi connectivity index (χ3n) is 1.92. The van der Waals surface area contributed by atoms with Gasteiger partial charge in [-0.1, -0.05) is 6.07 Å². The van der Waals surface area contributed by atoms with Gasteiger partial charge in [0.2, 0.25) is 0 Å². The highest BCUT2D eigenvalue weighted by Gasteiger charge is 2.44. The average molecular weight is 307 g/mol. The number of hydrogen-bond donors (Lipinski definition) is 0. The summed E-state index contributed by atoms with van der Waals surface area (Å²) in [7, 11) is 0. The Hall–Kier alpha value is -0.720. The molecule has 0 saturated heterocycles. The molecule has 0 spiro atoms. The lowest BCUT2D eigenvalue weighted by Gasteiger charge is -2.18. The quantitative estimate of drug-likeness (QED) is 0.604. The Labute approximate surface area is 95.4 Å². The van der Waals surface area contributed by atoms with E-state index in [-0.39, 0.29) is 5.56 Å². The van der Waals surface area contributed by atoms with Crippen molar-refractivity contribution in [2.24, 2.45) is 0 Å². The first-order valence-corrected chi connectivity index (χ1v) is 4.78. The van der Waals surface area contributed by atoms with Crippen LogP contribution in [0, 0.1) is 6.92 Å². The second-order valence-corrected chi connectivity index (χ2v) is 3.91. The van der Waals surface area contributed by atoms with Crippen molar-refractivity contribution in [3.8, 4) is 0 Å². The number of rotatable bonds is 0. The van der Waals surface area contributed by atoms with Crippen molar-refractivity contribution in [2.75, 3.05) is 0 Å². The molecule has 1 aromatic carbocycles. The van der Waals surface area contributed by atoms with Gasteiger partial charge in [-0.15, -0.1) is 0 Å². The molecule has 16 heavy (non-hydrogen) atoms. The minimum atomic E-state index is -5.05. The van der Waals surface area contributed by atoms with Gasteiger partial charge in [-0.05, 0) is 34.5 Å². The lowest BCUT2D eigenvalue weighted by atomic mass is 10.0. The average Bonchev–Trinajstić information content (AvgIpc) is 2.05. The van der Waals surface area contributed by atoms with Crippen LogP contribution in [0.2, 0.25) is 0 Å². The molecule has 0 aromatic heterocycles. The highest BCUT2D eigenvalue weighted by Crippen LogP contribution is 2.44. The highest BCUT2D eigenvalue weighted by atomic mass is 79.9. The van der Waals surface area contributed by atoms with E-state index >= 15 is 0 Å². The van der Waals surface area contributed by atoms with Crippen molar-refractivity contribution >= 4 is 15.9 Å². The summed E-state index contributed by atoms with van der Waals surface area (Å²) in [5.74, 6) is 0. The fraction of sp³-hybridized carbons (Fsp3) is 0.333. The fourth-order valence-corrected chi connectivity index (χ4v) is 1.76. The zero-order chi connectivity index (χ0) is 12.7. The maximum atomic E-state index is 12.5. The molecular formula is C9H5BrF6. The molecule has 0 nitrogen and oxygen atoms in total. The standard InChI is InChI=1S/C9H5BrF6/c1-4-2-3-5(8(11,12)13)6(7(4)10)9(14,15)16/h2-3H,1H3. The van der Waals surface area contributed by atoms with E-state index in [1.54, 1.807) is 0 Å². The van der Waals surface area contributed by atoms with Gasteiger partial charge in [0.15, 0.2) is 0 Å². The smallest absolute Gasteiger partial charge is 0.166 e. The summed E-state index contributed by atoms with van der Waals surface area (Å²) in [6.07, 6.45) is -10.1. The Morgan fingerprint density at radius 3 is 1.81 bits per heavy atom. The second kappa shape index (κ2) is 3.94. The highest BCUT2D eigenvalue weighted by molar-refractivity contribution is 9.10. The summed E-state index contributed by atoms with van der Waals surface area (Å²) in [5, 5.41) is 0. The molecule has 0 fully saturated rings. The van der Waals surface area contributed by atoms with E-state index in [0.717, 1.165) is 6.07 Å². The van der Waals surface area contributed by atoms with Gasteiger partial charge >= 0.3 is 12.4 Å². The Bertz CT molecular complexity index is 404. The fourth-order valence-electron chi connectivity index (χ4n) is 1.19. The molecule has 0 unspecified atom stereocenters. The van der Waals surface area contributed by atoms with Gasteiger partial charge in [-0.2, -0.15) is 26.3 Å². The Morgan fingerprint density at radius 1 is 0.938 bits per heavy atom. The topological polar surface area (TPSA) is 0 Å². The molecule has 7 heteroatoms. The molecule has 0 N–H and O–H groups in total. The van der Waals surface area contributed by atoms with Crippen molar-refractivity contribution in [2.45, 2.75) is 19.3 Å². The van der Waals surface area contributed by atoms with E-state index in [4.69, 9.17) is 0 Å². The third kappa shape index (κ3) is 2.50. The monoisotopic (exact) mass is 306 g/mol. The number of aryl methyl sites for hydroxylation is 1. The van der Waals surface area contributed by atoms with Crippen molar-refractivity contribution in [1.82, 2.24) is 0 Å². The molecule has 0 amide bonds. The molecule has 1 aromatic rings. The van der Waals surface area contributed by atoms with E-state index in [1.807, 2.05) is 0 Å². The Balaban J connectivity index is 3.59. The summed E-state index contributed by atoms with van der Waals surface area (Å²) in [6.45, 7) is 1.29. The first-order valence-electron chi connectivity index (χ1n) is 3.98. The predicted octanol–water partition coefficient (Wildman–Crippen LogP) is 4.80. The van der Waals surface area contributed by atoms with Gasteiger partial charge in [-0.25, -0.2) is 0 Å². The van der Waals surface area contributed by atoms with Crippen LogP contribution in [0.25, 0.3) is 0 Å². The van der Waals surface area contributed by atoms with Crippen LogP contribution in [0.4, 0.5) is 26.3 Å². The lowest BCUT2D eigenvalue weighted by molar-refractivity contribution is -0.162. The predicted molar refractivity (Wildman–Crippen MR) is 48.9 cm³/mol. The van der Waals surface area contributed by atoms with Crippen LogP contribution in [0.1, 0.15) is 16.7 Å². The van der Waals surface area contributed by atoms with Gasteiger partial charge in [0.05, 0.1) is 11.1 Å². The lowest BCUT2D eigenvalue weighted by Crippen LogP contribution is -2.17. The summed E-state index contributed by atoms with van der Waals surface area (Å²) in [6, 6.07) is 1.42. The summed E-state index contributed by atoms with van der Waals surface area (Å²) in [5.41, 5.74) is -3.27. The molecule has 0 saturated carbocycles. The molecule has 0 aliphatic carbocycles. The molecular weight excluding hydrogens is 302 g/mol. The zero-order valence-corrected chi connectivity index (χ0v) is 9.39. The summed E-state index contributed by atoms with van der Waals surface area (Å²) >= 11 is 2.54. The van der Waals surface area contributed by atoms with Gasteiger partial charge in [0.1, 0.15) is 0 Å². The van der Waals surface area contributed by atoms with Gasteiger partial charge in [0, 0.05) is 4.47 Å². The molecule has 0 bridgehead atoms. The molecule has 0 aliphatic heterocycles. The van der Waals surface area contributed by atoms with Gasteiger partial charge < -0.3 is 0 Å². The minimum Gasteiger partial charge on any atom is -0.166 e. The number of benzene rings is 1.